The van der Waals surface area contributed by atoms with Gasteiger partial charge in [-0.15, -0.1) is 11.3 Å². The van der Waals surface area contributed by atoms with Crippen molar-refractivity contribution in [3.63, 3.8) is 0 Å². The lowest BCUT2D eigenvalue weighted by Gasteiger charge is -2.14. The summed E-state index contributed by atoms with van der Waals surface area (Å²) in [6.07, 6.45) is 1.80. The molecule has 0 fully saturated rings. The summed E-state index contributed by atoms with van der Waals surface area (Å²) < 4.78 is 5.20. The van der Waals surface area contributed by atoms with E-state index in [1.807, 2.05) is 23.6 Å². The lowest BCUT2D eigenvalue weighted by Crippen LogP contribution is -2.06. The normalized spacial score (nSPS) is 12.1. The van der Waals surface area contributed by atoms with Crippen molar-refractivity contribution in [2.75, 3.05) is 12.4 Å². The number of hydrogen-bond acceptors (Lipinski definition) is 4. The van der Waals surface area contributed by atoms with E-state index in [0.717, 1.165) is 10.9 Å². The quantitative estimate of drug-likeness (QED) is 0.881. The fourth-order valence-electron chi connectivity index (χ4n) is 1.47. The number of thiazole rings is 1. The number of methoxy groups -OCH3 is 1. The average Bonchev–Trinajstić information content (AvgIpc) is 2.82. The fraction of sp³-hybridized carbons (Fsp3) is 0.250. The van der Waals surface area contributed by atoms with Crippen LogP contribution in [0.4, 0.5) is 5.13 Å². The van der Waals surface area contributed by atoms with E-state index in [1.54, 1.807) is 24.6 Å². The number of rotatable bonds is 4. The Balaban J connectivity index is 2.11. The van der Waals surface area contributed by atoms with Crippen LogP contribution >= 0.6 is 11.3 Å². The lowest BCUT2D eigenvalue weighted by molar-refractivity contribution is 0.414. The SMILES string of the molecule is COc1cccc(C(C)Nc2nccs2)c1. The molecule has 1 atom stereocenters. The Morgan fingerprint density at radius 2 is 2.31 bits per heavy atom. The highest BCUT2D eigenvalue weighted by Gasteiger charge is 2.07. The van der Waals surface area contributed by atoms with Crippen LogP contribution in [0.3, 0.4) is 0 Å². The third-order valence-corrected chi connectivity index (χ3v) is 3.07. The summed E-state index contributed by atoms with van der Waals surface area (Å²) in [5, 5.41) is 6.24. The number of aromatic nitrogens is 1. The minimum absolute atomic E-state index is 0.223. The number of hydrogen-bond donors (Lipinski definition) is 1. The molecule has 0 bridgehead atoms. The minimum atomic E-state index is 0.223. The van der Waals surface area contributed by atoms with Crippen molar-refractivity contribution in [3.8, 4) is 5.75 Å². The van der Waals surface area contributed by atoms with Crippen molar-refractivity contribution in [2.24, 2.45) is 0 Å². The topological polar surface area (TPSA) is 34.1 Å². The zero-order valence-corrected chi connectivity index (χ0v) is 10.1. The second-order valence-electron chi connectivity index (χ2n) is 3.48. The van der Waals surface area contributed by atoms with E-state index in [0.29, 0.717) is 0 Å². The van der Waals surface area contributed by atoms with E-state index in [-0.39, 0.29) is 6.04 Å². The molecule has 4 heteroatoms. The largest absolute Gasteiger partial charge is 0.497 e. The molecule has 84 valence electrons. The third-order valence-electron chi connectivity index (χ3n) is 2.37. The molecule has 0 saturated heterocycles. The molecule has 0 aliphatic heterocycles. The smallest absolute Gasteiger partial charge is 0.183 e. The number of anilines is 1. The summed E-state index contributed by atoms with van der Waals surface area (Å²) in [4.78, 5) is 4.20. The summed E-state index contributed by atoms with van der Waals surface area (Å²) in [6, 6.07) is 8.27. The van der Waals surface area contributed by atoms with Gasteiger partial charge in [-0.3, -0.25) is 0 Å². The molecular weight excluding hydrogens is 220 g/mol. The Labute approximate surface area is 99.1 Å². The van der Waals surface area contributed by atoms with Gasteiger partial charge in [-0.05, 0) is 24.6 Å². The van der Waals surface area contributed by atoms with Crippen LogP contribution in [0.1, 0.15) is 18.5 Å². The van der Waals surface area contributed by atoms with Gasteiger partial charge in [0.15, 0.2) is 5.13 Å². The van der Waals surface area contributed by atoms with Gasteiger partial charge in [-0.25, -0.2) is 4.98 Å². The predicted molar refractivity (Wildman–Crippen MR) is 67.1 cm³/mol. The average molecular weight is 234 g/mol. The van der Waals surface area contributed by atoms with Gasteiger partial charge in [-0.1, -0.05) is 12.1 Å². The summed E-state index contributed by atoms with van der Waals surface area (Å²) in [7, 11) is 1.68. The number of ether oxygens (including phenoxy) is 1. The molecular formula is C12H14N2OS. The molecule has 1 heterocycles. The van der Waals surface area contributed by atoms with Crippen molar-refractivity contribution in [1.82, 2.24) is 4.98 Å². The second kappa shape index (κ2) is 4.99. The number of benzene rings is 1. The monoisotopic (exact) mass is 234 g/mol. The fourth-order valence-corrected chi connectivity index (χ4v) is 2.09. The van der Waals surface area contributed by atoms with Gasteiger partial charge < -0.3 is 10.1 Å². The summed E-state index contributed by atoms with van der Waals surface area (Å²) in [6.45, 7) is 2.11. The van der Waals surface area contributed by atoms with E-state index >= 15 is 0 Å². The van der Waals surface area contributed by atoms with E-state index in [2.05, 4.69) is 23.3 Å². The highest BCUT2D eigenvalue weighted by Crippen LogP contribution is 2.23. The van der Waals surface area contributed by atoms with Crippen molar-refractivity contribution in [2.45, 2.75) is 13.0 Å². The summed E-state index contributed by atoms with van der Waals surface area (Å²) in [5.41, 5.74) is 1.19. The van der Waals surface area contributed by atoms with Crippen molar-refractivity contribution < 1.29 is 4.74 Å². The molecule has 1 aromatic carbocycles. The maximum absolute atomic E-state index is 5.20. The molecule has 0 aliphatic rings. The number of nitrogens with zero attached hydrogens (tertiary/aromatic N) is 1. The van der Waals surface area contributed by atoms with Gasteiger partial charge in [0.1, 0.15) is 5.75 Å². The molecule has 1 aromatic heterocycles. The van der Waals surface area contributed by atoms with Crippen molar-refractivity contribution in [3.05, 3.63) is 41.4 Å². The zero-order chi connectivity index (χ0) is 11.4. The van der Waals surface area contributed by atoms with E-state index in [9.17, 15) is 0 Å². The molecule has 0 radical (unpaired) electrons. The molecule has 3 nitrogen and oxygen atoms in total. The van der Waals surface area contributed by atoms with Crippen LogP contribution in [0, 0.1) is 0 Å². The first-order chi connectivity index (χ1) is 7.79. The van der Waals surface area contributed by atoms with Crippen LogP contribution in [0.25, 0.3) is 0 Å². The van der Waals surface area contributed by atoms with Crippen LogP contribution in [-0.4, -0.2) is 12.1 Å². The van der Waals surface area contributed by atoms with Gasteiger partial charge in [0.2, 0.25) is 0 Å². The van der Waals surface area contributed by atoms with Gasteiger partial charge in [0, 0.05) is 11.6 Å². The zero-order valence-electron chi connectivity index (χ0n) is 9.31. The van der Waals surface area contributed by atoms with Crippen LogP contribution in [-0.2, 0) is 0 Å². The highest BCUT2D eigenvalue weighted by atomic mass is 32.1. The van der Waals surface area contributed by atoms with Gasteiger partial charge >= 0.3 is 0 Å². The van der Waals surface area contributed by atoms with E-state index < -0.39 is 0 Å². The minimum Gasteiger partial charge on any atom is -0.497 e. The molecule has 0 amide bonds. The first-order valence-electron chi connectivity index (χ1n) is 5.09. The van der Waals surface area contributed by atoms with Crippen LogP contribution < -0.4 is 10.1 Å². The Morgan fingerprint density at radius 3 is 3.00 bits per heavy atom. The van der Waals surface area contributed by atoms with E-state index in [1.165, 1.54) is 5.56 Å². The van der Waals surface area contributed by atoms with Gasteiger partial charge in [0.05, 0.1) is 13.2 Å². The predicted octanol–water partition coefficient (Wildman–Crippen LogP) is 3.32. The Morgan fingerprint density at radius 1 is 1.44 bits per heavy atom. The molecule has 16 heavy (non-hydrogen) atoms. The molecule has 2 aromatic rings. The third kappa shape index (κ3) is 2.52. The van der Waals surface area contributed by atoms with Crippen LogP contribution in [0.2, 0.25) is 0 Å². The molecule has 0 saturated carbocycles. The highest BCUT2D eigenvalue weighted by molar-refractivity contribution is 7.13. The number of nitrogens with one attached hydrogen (secondary N) is 1. The second-order valence-corrected chi connectivity index (χ2v) is 4.37. The Hall–Kier alpha value is -1.55. The summed E-state index contributed by atoms with van der Waals surface area (Å²) in [5.74, 6) is 0.880. The van der Waals surface area contributed by atoms with Crippen LogP contribution in [0.5, 0.6) is 5.75 Å². The van der Waals surface area contributed by atoms with Gasteiger partial charge in [-0.2, -0.15) is 0 Å². The standard InChI is InChI=1S/C12H14N2OS/c1-9(14-12-13-6-7-16-12)10-4-3-5-11(8-10)15-2/h3-9H,1-2H3,(H,13,14). The first kappa shape index (κ1) is 11.0. The van der Waals surface area contributed by atoms with Gasteiger partial charge in [0.25, 0.3) is 0 Å². The van der Waals surface area contributed by atoms with Crippen molar-refractivity contribution in [1.29, 1.82) is 0 Å². The molecule has 0 aliphatic carbocycles. The maximum atomic E-state index is 5.20. The molecule has 1 unspecified atom stereocenters. The molecule has 2 rings (SSSR count). The Kier molecular flexibility index (Phi) is 3.41. The maximum Gasteiger partial charge on any atom is 0.183 e. The summed E-state index contributed by atoms with van der Waals surface area (Å²) >= 11 is 1.60. The first-order valence-corrected chi connectivity index (χ1v) is 5.97. The Bertz CT molecular complexity index is 442. The van der Waals surface area contributed by atoms with Crippen molar-refractivity contribution >= 4 is 16.5 Å². The van der Waals surface area contributed by atoms with E-state index in [4.69, 9.17) is 4.74 Å². The lowest BCUT2D eigenvalue weighted by atomic mass is 10.1. The molecule has 0 spiro atoms. The molecule has 1 N–H and O–H groups in total. The van der Waals surface area contributed by atoms with Crippen LogP contribution in [0.15, 0.2) is 35.8 Å².